The molecule has 4 rings (SSSR count). The fraction of sp³-hybridized carbons (Fsp3) is 0.192. The Kier molecular flexibility index (Phi) is 6.68. The number of halogens is 6. The van der Waals surface area contributed by atoms with Crippen LogP contribution in [0.25, 0.3) is 0 Å². The zero-order chi connectivity index (χ0) is 27.9. The molecule has 0 aromatic heterocycles. The lowest BCUT2D eigenvalue weighted by Gasteiger charge is -2.30. The zero-order valence-electron chi connectivity index (χ0n) is 19.6. The summed E-state index contributed by atoms with van der Waals surface area (Å²) in [5, 5.41) is 4.87. The van der Waals surface area contributed by atoms with Crippen molar-refractivity contribution in [2.75, 3.05) is 18.5 Å². The molecule has 1 unspecified atom stereocenters. The summed E-state index contributed by atoms with van der Waals surface area (Å²) in [6.45, 7) is -0.590. The van der Waals surface area contributed by atoms with Crippen molar-refractivity contribution in [2.24, 2.45) is 0 Å². The fourth-order valence-electron chi connectivity index (χ4n) is 4.23. The van der Waals surface area contributed by atoms with Crippen LogP contribution < -0.4 is 15.5 Å². The minimum absolute atomic E-state index is 0.247. The highest BCUT2D eigenvalue weighted by Gasteiger charge is 2.51. The minimum Gasteiger partial charge on any atom is -0.349 e. The Bertz CT molecular complexity index is 1420. The molecular formula is C26H19F6N3O3. The molecule has 0 radical (unpaired) electrons. The normalized spacial score (nSPS) is 17.2. The Morgan fingerprint density at radius 1 is 0.789 bits per heavy atom. The molecule has 198 valence electrons. The number of likely N-dealkylation sites (N-methyl/N-ethyl adjacent to an activating group) is 1. The maximum atomic E-state index is 13.4. The molecule has 0 saturated heterocycles. The second-order valence-electron chi connectivity index (χ2n) is 8.58. The highest BCUT2D eigenvalue weighted by Crippen LogP contribution is 2.39. The standard InChI is InChI=1S/C26H19F6N3O3/c1-35-20-11-3-2-10-19(20)24(23(35)38,34-22(37)16-7-5-9-18(13-16)26(30,31)32)14-33-21(36)15-6-4-8-17(12-15)25(27,28)29/h2-13H,14H2,1H3,(H,33,36)(H,34,37). The van der Waals surface area contributed by atoms with E-state index >= 15 is 0 Å². The molecule has 6 nitrogen and oxygen atoms in total. The third kappa shape index (κ3) is 4.93. The number of alkyl halides is 6. The summed E-state index contributed by atoms with van der Waals surface area (Å²) in [6.07, 6.45) is -9.41. The molecule has 0 spiro atoms. The highest BCUT2D eigenvalue weighted by molar-refractivity contribution is 6.11. The summed E-state index contributed by atoms with van der Waals surface area (Å²) in [5.74, 6) is -2.69. The van der Waals surface area contributed by atoms with Gasteiger partial charge in [0.25, 0.3) is 17.7 Å². The Balaban J connectivity index is 1.69. The van der Waals surface area contributed by atoms with Crippen LogP contribution in [0, 0.1) is 0 Å². The van der Waals surface area contributed by atoms with Gasteiger partial charge in [0.2, 0.25) is 0 Å². The topological polar surface area (TPSA) is 78.5 Å². The van der Waals surface area contributed by atoms with E-state index in [4.69, 9.17) is 0 Å². The van der Waals surface area contributed by atoms with Gasteiger partial charge in [0, 0.05) is 29.4 Å². The molecule has 38 heavy (non-hydrogen) atoms. The van der Waals surface area contributed by atoms with Crippen LogP contribution in [0.1, 0.15) is 37.4 Å². The van der Waals surface area contributed by atoms with Crippen LogP contribution in [0.5, 0.6) is 0 Å². The monoisotopic (exact) mass is 535 g/mol. The van der Waals surface area contributed by atoms with Gasteiger partial charge in [-0.25, -0.2) is 0 Å². The van der Waals surface area contributed by atoms with Gasteiger partial charge in [-0.2, -0.15) is 26.3 Å². The van der Waals surface area contributed by atoms with Gasteiger partial charge < -0.3 is 15.5 Å². The number of amides is 3. The molecular weight excluding hydrogens is 516 g/mol. The number of nitrogens with one attached hydrogen (secondary N) is 2. The Morgan fingerprint density at radius 2 is 1.32 bits per heavy atom. The van der Waals surface area contributed by atoms with Crippen molar-refractivity contribution in [1.82, 2.24) is 10.6 Å². The first-order valence-electron chi connectivity index (χ1n) is 11.1. The number of anilines is 1. The van der Waals surface area contributed by atoms with Crippen molar-refractivity contribution < 1.29 is 40.7 Å². The second-order valence-corrected chi connectivity index (χ2v) is 8.58. The lowest BCUT2D eigenvalue weighted by atomic mass is 9.90. The van der Waals surface area contributed by atoms with Gasteiger partial charge in [-0.05, 0) is 42.5 Å². The number of para-hydroxylation sites is 1. The van der Waals surface area contributed by atoms with Crippen LogP contribution in [0.4, 0.5) is 32.0 Å². The van der Waals surface area contributed by atoms with Gasteiger partial charge in [0.15, 0.2) is 5.54 Å². The second kappa shape index (κ2) is 9.51. The number of rotatable bonds is 5. The molecule has 1 atom stereocenters. The molecule has 0 fully saturated rings. The van der Waals surface area contributed by atoms with Gasteiger partial charge in [0.1, 0.15) is 0 Å². The highest BCUT2D eigenvalue weighted by atomic mass is 19.4. The Labute approximate surface area is 212 Å². The first-order valence-corrected chi connectivity index (χ1v) is 11.1. The van der Waals surface area contributed by atoms with E-state index in [0.717, 1.165) is 36.4 Å². The van der Waals surface area contributed by atoms with Crippen molar-refractivity contribution in [3.8, 4) is 0 Å². The van der Waals surface area contributed by atoms with Crippen molar-refractivity contribution in [3.05, 3.63) is 101 Å². The van der Waals surface area contributed by atoms with Gasteiger partial charge in [-0.3, -0.25) is 14.4 Å². The largest absolute Gasteiger partial charge is 0.416 e. The molecule has 0 aliphatic carbocycles. The van der Waals surface area contributed by atoms with Crippen molar-refractivity contribution in [2.45, 2.75) is 17.9 Å². The van der Waals surface area contributed by atoms with E-state index in [0.29, 0.717) is 17.8 Å². The summed E-state index contributed by atoms with van der Waals surface area (Å²) in [6, 6.07) is 13.5. The van der Waals surface area contributed by atoms with Crippen molar-refractivity contribution >= 4 is 23.4 Å². The van der Waals surface area contributed by atoms with Crippen LogP contribution in [0.3, 0.4) is 0 Å². The SMILES string of the molecule is CN1C(=O)C(CNC(=O)c2cccc(C(F)(F)F)c2)(NC(=O)c2cccc(C(F)(F)F)c2)c2ccccc21. The molecule has 3 aromatic carbocycles. The molecule has 1 aliphatic rings. The summed E-state index contributed by atoms with van der Waals surface area (Å²) in [4.78, 5) is 40.6. The van der Waals surface area contributed by atoms with E-state index in [1.165, 1.54) is 18.0 Å². The summed E-state index contributed by atoms with van der Waals surface area (Å²) in [5.41, 5.74) is -4.19. The predicted octanol–water partition coefficient (Wildman–Crippen LogP) is 4.76. The lowest BCUT2D eigenvalue weighted by Crippen LogP contribution is -2.58. The van der Waals surface area contributed by atoms with Crippen LogP contribution in [0.15, 0.2) is 72.8 Å². The molecule has 1 aliphatic heterocycles. The zero-order valence-corrected chi connectivity index (χ0v) is 19.6. The smallest absolute Gasteiger partial charge is 0.349 e. The fourth-order valence-corrected chi connectivity index (χ4v) is 4.23. The van der Waals surface area contributed by atoms with E-state index in [2.05, 4.69) is 10.6 Å². The van der Waals surface area contributed by atoms with E-state index in [1.54, 1.807) is 18.2 Å². The number of hydrogen-bond donors (Lipinski definition) is 2. The molecule has 12 heteroatoms. The van der Waals surface area contributed by atoms with Gasteiger partial charge in [0.05, 0.1) is 17.7 Å². The maximum absolute atomic E-state index is 13.4. The number of carbonyl (C=O) groups is 3. The predicted molar refractivity (Wildman–Crippen MR) is 124 cm³/mol. The van der Waals surface area contributed by atoms with Crippen LogP contribution in [-0.4, -0.2) is 31.3 Å². The van der Waals surface area contributed by atoms with E-state index in [-0.39, 0.29) is 16.7 Å². The Morgan fingerprint density at radius 3 is 1.87 bits per heavy atom. The molecule has 0 bridgehead atoms. The van der Waals surface area contributed by atoms with E-state index < -0.39 is 53.3 Å². The first-order chi connectivity index (χ1) is 17.7. The molecule has 3 amide bonds. The van der Waals surface area contributed by atoms with E-state index in [1.807, 2.05) is 0 Å². The number of nitrogens with zero attached hydrogens (tertiary/aromatic N) is 1. The van der Waals surface area contributed by atoms with E-state index in [9.17, 15) is 40.7 Å². The molecule has 2 N–H and O–H groups in total. The summed E-state index contributed by atoms with van der Waals surface area (Å²) < 4.78 is 78.8. The van der Waals surface area contributed by atoms with Crippen LogP contribution >= 0.6 is 0 Å². The van der Waals surface area contributed by atoms with Crippen molar-refractivity contribution in [3.63, 3.8) is 0 Å². The van der Waals surface area contributed by atoms with Gasteiger partial charge >= 0.3 is 12.4 Å². The number of benzene rings is 3. The molecule has 0 saturated carbocycles. The Hall–Kier alpha value is -4.35. The van der Waals surface area contributed by atoms with Gasteiger partial charge in [-0.1, -0.05) is 30.3 Å². The summed E-state index contributed by atoms with van der Waals surface area (Å²) in [7, 11) is 1.41. The number of fused-ring (bicyclic) bond motifs is 1. The number of hydrogen-bond acceptors (Lipinski definition) is 3. The van der Waals surface area contributed by atoms with Gasteiger partial charge in [-0.15, -0.1) is 0 Å². The van der Waals surface area contributed by atoms with Crippen LogP contribution in [-0.2, 0) is 22.7 Å². The minimum atomic E-state index is -4.72. The molecule has 3 aromatic rings. The molecule has 1 heterocycles. The third-order valence-electron chi connectivity index (χ3n) is 6.14. The maximum Gasteiger partial charge on any atom is 0.416 e. The average molecular weight is 535 g/mol. The quantitative estimate of drug-likeness (QED) is 0.463. The van der Waals surface area contributed by atoms with Crippen molar-refractivity contribution in [1.29, 1.82) is 0 Å². The first kappa shape index (κ1) is 26.7. The summed E-state index contributed by atoms with van der Waals surface area (Å²) >= 11 is 0. The van der Waals surface area contributed by atoms with Crippen LogP contribution in [0.2, 0.25) is 0 Å². The average Bonchev–Trinajstić information content (AvgIpc) is 3.08. The number of carbonyl (C=O) groups excluding carboxylic acids is 3. The lowest BCUT2D eigenvalue weighted by molar-refractivity contribution is -0.138. The third-order valence-corrected chi connectivity index (χ3v) is 6.14.